The molecule has 1 atom stereocenters. The van der Waals surface area contributed by atoms with E-state index in [4.69, 9.17) is 0 Å². The van der Waals surface area contributed by atoms with Gasteiger partial charge in [-0.05, 0) is 29.8 Å². The molecular formula is C16H11Br2FN2O5. The summed E-state index contributed by atoms with van der Waals surface area (Å²) in [7, 11) is 0. The summed E-state index contributed by atoms with van der Waals surface area (Å²) >= 11 is 6.47. The van der Waals surface area contributed by atoms with Gasteiger partial charge in [0.1, 0.15) is 6.04 Å². The first-order valence-corrected chi connectivity index (χ1v) is 8.68. The summed E-state index contributed by atoms with van der Waals surface area (Å²) in [6.45, 7) is 0. The van der Waals surface area contributed by atoms with Crippen LogP contribution in [0.5, 0.6) is 0 Å². The molecule has 0 heterocycles. The van der Waals surface area contributed by atoms with Gasteiger partial charge in [0, 0.05) is 27.0 Å². The molecule has 10 heteroatoms. The molecule has 2 aromatic rings. The molecule has 0 radical (unpaired) electrons. The maximum Gasteiger partial charge on any atom is 0.326 e. The first-order valence-electron chi connectivity index (χ1n) is 7.10. The summed E-state index contributed by atoms with van der Waals surface area (Å²) in [6, 6.07) is 6.48. The second-order valence-corrected chi connectivity index (χ2v) is 7.10. The lowest BCUT2D eigenvalue weighted by molar-refractivity contribution is -0.387. The standard InChI is InChI=1S/C16H11Br2FN2O5/c17-10-5-9(6-11(18)7-10)15(22)20-13(16(23)24)3-8-1-2-12(19)14(4-8)21(25)26/h1-2,4-7,13H,3H2,(H,20,22)(H,23,24)/t13-/m0/s1. The van der Waals surface area contributed by atoms with Gasteiger partial charge in [-0.2, -0.15) is 4.39 Å². The maximum absolute atomic E-state index is 13.4. The van der Waals surface area contributed by atoms with E-state index in [0.717, 1.165) is 12.1 Å². The van der Waals surface area contributed by atoms with E-state index in [1.807, 2.05) is 0 Å². The van der Waals surface area contributed by atoms with Crippen LogP contribution in [0.4, 0.5) is 10.1 Å². The fourth-order valence-electron chi connectivity index (χ4n) is 2.19. The minimum Gasteiger partial charge on any atom is -0.480 e. The number of benzene rings is 2. The van der Waals surface area contributed by atoms with Crippen LogP contribution in [0.3, 0.4) is 0 Å². The van der Waals surface area contributed by atoms with Gasteiger partial charge in [0.2, 0.25) is 5.82 Å². The SMILES string of the molecule is O=C(N[C@@H](Cc1ccc(F)c([N+](=O)[O-])c1)C(=O)O)c1cc(Br)cc(Br)c1. The van der Waals surface area contributed by atoms with Crippen molar-refractivity contribution >= 4 is 49.4 Å². The third-order valence-corrected chi connectivity index (χ3v) is 4.29. The van der Waals surface area contributed by atoms with Gasteiger partial charge in [0.25, 0.3) is 5.91 Å². The van der Waals surface area contributed by atoms with Crippen LogP contribution in [-0.4, -0.2) is 27.9 Å². The van der Waals surface area contributed by atoms with Crippen molar-refractivity contribution in [3.05, 3.63) is 72.4 Å². The number of halogens is 3. The minimum absolute atomic E-state index is 0.209. The number of nitrogens with one attached hydrogen (secondary N) is 1. The molecule has 0 saturated heterocycles. The van der Waals surface area contributed by atoms with Crippen molar-refractivity contribution in [2.75, 3.05) is 0 Å². The summed E-state index contributed by atoms with van der Waals surface area (Å²) in [4.78, 5) is 33.6. The van der Waals surface area contributed by atoms with E-state index < -0.39 is 34.3 Å². The number of nitro groups is 1. The lowest BCUT2D eigenvalue weighted by atomic mass is 10.0. The first-order chi connectivity index (χ1) is 12.2. The summed E-state index contributed by atoms with van der Waals surface area (Å²) in [6.07, 6.45) is -0.239. The highest BCUT2D eigenvalue weighted by atomic mass is 79.9. The Kier molecular flexibility index (Phi) is 6.43. The van der Waals surface area contributed by atoms with Crippen molar-refractivity contribution in [2.24, 2.45) is 0 Å². The molecule has 2 rings (SSSR count). The molecule has 0 aliphatic heterocycles. The second-order valence-electron chi connectivity index (χ2n) is 5.27. The van der Waals surface area contributed by atoms with Crippen LogP contribution in [0, 0.1) is 15.9 Å². The molecule has 0 bridgehead atoms. The number of carbonyl (C=O) groups is 2. The Labute approximate surface area is 163 Å². The number of aliphatic carboxylic acids is 1. The fraction of sp³-hybridized carbons (Fsp3) is 0.125. The van der Waals surface area contributed by atoms with E-state index >= 15 is 0 Å². The number of hydrogen-bond donors (Lipinski definition) is 2. The number of nitrogens with zero attached hydrogens (tertiary/aromatic N) is 1. The third-order valence-electron chi connectivity index (χ3n) is 3.38. The predicted molar refractivity (Wildman–Crippen MR) is 97.5 cm³/mol. The van der Waals surface area contributed by atoms with E-state index in [0.29, 0.717) is 8.95 Å². The lowest BCUT2D eigenvalue weighted by Crippen LogP contribution is -2.42. The fourth-order valence-corrected chi connectivity index (χ4v) is 3.48. The van der Waals surface area contributed by atoms with Gasteiger partial charge < -0.3 is 10.4 Å². The molecule has 0 spiro atoms. The molecular weight excluding hydrogens is 479 g/mol. The van der Waals surface area contributed by atoms with Crippen molar-refractivity contribution in [1.82, 2.24) is 5.32 Å². The van der Waals surface area contributed by atoms with Gasteiger partial charge in [-0.15, -0.1) is 0 Å². The Hall–Kier alpha value is -2.33. The topological polar surface area (TPSA) is 110 Å². The van der Waals surface area contributed by atoms with Crippen molar-refractivity contribution in [3.63, 3.8) is 0 Å². The first kappa shape index (κ1) is 20.0. The van der Waals surface area contributed by atoms with E-state index in [1.54, 1.807) is 6.07 Å². The molecule has 2 aromatic carbocycles. The molecule has 0 aliphatic carbocycles. The smallest absolute Gasteiger partial charge is 0.326 e. The normalized spacial score (nSPS) is 11.7. The van der Waals surface area contributed by atoms with Gasteiger partial charge in [0.05, 0.1) is 4.92 Å². The number of amides is 1. The highest BCUT2D eigenvalue weighted by Crippen LogP contribution is 2.21. The molecule has 136 valence electrons. The maximum atomic E-state index is 13.4. The summed E-state index contributed by atoms with van der Waals surface area (Å²) in [5, 5.41) is 22.5. The van der Waals surface area contributed by atoms with Gasteiger partial charge in [-0.1, -0.05) is 37.9 Å². The highest BCUT2D eigenvalue weighted by Gasteiger charge is 2.23. The van der Waals surface area contributed by atoms with Crippen molar-refractivity contribution in [1.29, 1.82) is 0 Å². The summed E-state index contributed by atoms with van der Waals surface area (Å²) in [5.74, 6) is -2.97. The van der Waals surface area contributed by atoms with E-state index in [9.17, 15) is 29.2 Å². The largest absolute Gasteiger partial charge is 0.480 e. The Morgan fingerprint density at radius 3 is 2.35 bits per heavy atom. The zero-order valence-electron chi connectivity index (χ0n) is 12.9. The average molecular weight is 490 g/mol. The van der Waals surface area contributed by atoms with Crippen LogP contribution < -0.4 is 5.32 Å². The van der Waals surface area contributed by atoms with E-state index in [2.05, 4.69) is 37.2 Å². The molecule has 1 amide bonds. The Balaban J connectivity index is 2.22. The molecule has 26 heavy (non-hydrogen) atoms. The van der Waals surface area contributed by atoms with Crippen LogP contribution in [0.15, 0.2) is 45.3 Å². The van der Waals surface area contributed by atoms with Gasteiger partial charge in [0.15, 0.2) is 0 Å². The number of nitro benzene ring substituents is 1. The number of rotatable bonds is 6. The van der Waals surface area contributed by atoms with Gasteiger partial charge in [-0.25, -0.2) is 4.79 Å². The Morgan fingerprint density at radius 2 is 1.81 bits per heavy atom. The molecule has 0 aliphatic rings. The molecule has 0 saturated carbocycles. The number of carboxylic acids is 1. The Bertz CT molecular complexity index is 871. The van der Waals surface area contributed by atoms with Gasteiger partial charge >= 0.3 is 11.7 Å². The average Bonchev–Trinajstić information content (AvgIpc) is 2.54. The molecule has 0 fully saturated rings. The third kappa shape index (κ3) is 5.09. The minimum atomic E-state index is -1.34. The highest BCUT2D eigenvalue weighted by molar-refractivity contribution is 9.11. The van der Waals surface area contributed by atoms with E-state index in [1.165, 1.54) is 18.2 Å². The summed E-state index contributed by atoms with van der Waals surface area (Å²) < 4.78 is 14.6. The van der Waals surface area contributed by atoms with Crippen molar-refractivity contribution in [2.45, 2.75) is 12.5 Å². The second kappa shape index (κ2) is 8.37. The van der Waals surface area contributed by atoms with Crippen LogP contribution in [-0.2, 0) is 11.2 Å². The number of hydrogen-bond acceptors (Lipinski definition) is 4. The zero-order valence-corrected chi connectivity index (χ0v) is 16.1. The monoisotopic (exact) mass is 488 g/mol. The van der Waals surface area contributed by atoms with Crippen LogP contribution in [0.25, 0.3) is 0 Å². The van der Waals surface area contributed by atoms with Crippen LogP contribution >= 0.6 is 31.9 Å². The predicted octanol–water partition coefficient (Wildman–Crippen LogP) is 3.68. The van der Waals surface area contributed by atoms with Crippen LogP contribution in [0.1, 0.15) is 15.9 Å². The van der Waals surface area contributed by atoms with Gasteiger partial charge in [-0.3, -0.25) is 14.9 Å². The zero-order chi connectivity index (χ0) is 19.4. The Morgan fingerprint density at radius 1 is 1.19 bits per heavy atom. The van der Waals surface area contributed by atoms with Crippen LogP contribution in [0.2, 0.25) is 0 Å². The quantitative estimate of drug-likeness (QED) is 0.475. The molecule has 0 aromatic heterocycles. The number of carbonyl (C=O) groups excluding carboxylic acids is 1. The molecule has 2 N–H and O–H groups in total. The molecule has 0 unspecified atom stereocenters. The molecule has 7 nitrogen and oxygen atoms in total. The van der Waals surface area contributed by atoms with E-state index in [-0.39, 0.29) is 17.5 Å². The van der Waals surface area contributed by atoms with Crippen molar-refractivity contribution < 1.29 is 24.0 Å². The summed E-state index contributed by atoms with van der Waals surface area (Å²) in [5.41, 5.74) is -0.322. The number of carboxylic acid groups (broad SMARTS) is 1. The lowest BCUT2D eigenvalue weighted by Gasteiger charge is -2.15. The van der Waals surface area contributed by atoms with Crippen molar-refractivity contribution in [3.8, 4) is 0 Å².